The van der Waals surface area contributed by atoms with E-state index in [0.717, 1.165) is 0 Å². The highest BCUT2D eigenvalue weighted by Crippen LogP contribution is 2.38. The van der Waals surface area contributed by atoms with Gasteiger partial charge in [0.05, 0.1) is 13.2 Å². The molecule has 21 heavy (non-hydrogen) atoms. The molecule has 0 fully saturated rings. The van der Waals surface area contributed by atoms with Crippen LogP contribution in [-0.4, -0.2) is 40.6 Å². The maximum atomic E-state index is 10.6. The number of hydrogen-bond acceptors (Lipinski definition) is 3. The van der Waals surface area contributed by atoms with Crippen molar-refractivity contribution in [3.63, 3.8) is 0 Å². The average molecular weight is 335 g/mol. The lowest BCUT2D eigenvalue weighted by atomic mass is 10.1. The van der Waals surface area contributed by atoms with E-state index in [1.165, 1.54) is 0 Å². The smallest absolute Gasteiger partial charge is 0.192 e. The summed E-state index contributed by atoms with van der Waals surface area (Å²) in [6.07, 6.45) is 0. The van der Waals surface area contributed by atoms with E-state index in [1.807, 2.05) is 6.92 Å². The van der Waals surface area contributed by atoms with Gasteiger partial charge in [0, 0.05) is 0 Å². The Morgan fingerprint density at radius 2 is 0.905 bits per heavy atom. The van der Waals surface area contributed by atoms with Crippen LogP contribution in [0.1, 0.15) is 48.5 Å². The molecule has 0 heterocycles. The molecule has 0 bridgehead atoms. The van der Waals surface area contributed by atoms with Gasteiger partial charge in [-0.25, -0.2) is 0 Å². The molecule has 3 nitrogen and oxygen atoms in total. The Morgan fingerprint density at radius 3 is 1.10 bits per heavy atom. The van der Waals surface area contributed by atoms with E-state index in [2.05, 4.69) is 67.7 Å². The predicted octanol–water partition coefficient (Wildman–Crippen LogP) is 4.78. The molecule has 5 heteroatoms. The molecule has 0 aromatic carbocycles. The van der Waals surface area contributed by atoms with Crippen molar-refractivity contribution in [2.24, 2.45) is 0 Å². The topological polar surface area (TPSA) is 38.7 Å². The van der Waals surface area contributed by atoms with Crippen molar-refractivity contribution >= 4 is 16.6 Å². The molecule has 128 valence electrons. The molecule has 0 saturated heterocycles. The van der Waals surface area contributed by atoms with Crippen LogP contribution in [0.2, 0.25) is 36.3 Å². The molecule has 0 aliphatic carbocycles. The van der Waals surface area contributed by atoms with Crippen LogP contribution >= 0.6 is 0 Å². The van der Waals surface area contributed by atoms with Gasteiger partial charge in [-0.2, -0.15) is 0 Å². The zero-order valence-electron chi connectivity index (χ0n) is 16.2. The molecule has 0 aliphatic heterocycles. The predicted molar refractivity (Wildman–Crippen MR) is 96.9 cm³/mol. The highest BCUT2D eigenvalue weighted by molar-refractivity contribution is 6.74. The second-order valence-corrected chi connectivity index (χ2v) is 19.2. The van der Waals surface area contributed by atoms with Gasteiger partial charge < -0.3 is 14.0 Å². The van der Waals surface area contributed by atoms with E-state index in [1.54, 1.807) is 0 Å². The maximum absolute atomic E-state index is 10.6. The summed E-state index contributed by atoms with van der Waals surface area (Å²) in [4.78, 5) is 0. The van der Waals surface area contributed by atoms with Gasteiger partial charge in [0.15, 0.2) is 16.6 Å². The summed E-state index contributed by atoms with van der Waals surface area (Å²) in [5, 5.41) is 10.9. The largest absolute Gasteiger partial charge is 0.414 e. The van der Waals surface area contributed by atoms with Gasteiger partial charge in [0.2, 0.25) is 0 Å². The average Bonchev–Trinajstić information content (AvgIpc) is 2.21. The summed E-state index contributed by atoms with van der Waals surface area (Å²) < 4.78 is 12.3. The Kier molecular flexibility index (Phi) is 6.53. The SMILES string of the molecule is CC(O)(CO[Si](C)(C)C(C)(C)C)CO[Si](C)(C)C(C)(C)C. The Labute approximate surface area is 134 Å². The summed E-state index contributed by atoms with van der Waals surface area (Å²) >= 11 is 0. The van der Waals surface area contributed by atoms with Crippen molar-refractivity contribution in [3.8, 4) is 0 Å². The first-order valence-corrected chi connectivity index (χ1v) is 13.7. The Bertz CT molecular complexity index is 304. The second kappa shape index (κ2) is 6.44. The number of aliphatic hydroxyl groups is 1. The van der Waals surface area contributed by atoms with Crippen LogP contribution in [-0.2, 0) is 8.85 Å². The van der Waals surface area contributed by atoms with Crippen molar-refractivity contribution in [2.45, 2.75) is 90.3 Å². The van der Waals surface area contributed by atoms with E-state index in [0.29, 0.717) is 13.2 Å². The fourth-order valence-electron chi connectivity index (χ4n) is 1.15. The summed E-state index contributed by atoms with van der Waals surface area (Å²) in [5.74, 6) is 0. The first-order chi connectivity index (χ1) is 8.91. The molecule has 0 aliphatic rings. The minimum Gasteiger partial charge on any atom is -0.414 e. The van der Waals surface area contributed by atoms with E-state index in [4.69, 9.17) is 8.85 Å². The molecule has 0 atom stereocenters. The minimum absolute atomic E-state index is 0.156. The van der Waals surface area contributed by atoms with Crippen molar-refractivity contribution in [1.82, 2.24) is 0 Å². The maximum Gasteiger partial charge on any atom is 0.192 e. The lowest BCUT2D eigenvalue weighted by molar-refractivity contribution is -0.0320. The lowest BCUT2D eigenvalue weighted by Gasteiger charge is -2.41. The standard InChI is InChI=1S/C16H38O3Si2/c1-14(2,3)20(8,9)18-12-16(7,17)13-19-21(10,11)15(4,5)6/h17H,12-13H2,1-11H3. The fraction of sp³-hybridized carbons (Fsp3) is 1.00. The van der Waals surface area contributed by atoms with E-state index in [-0.39, 0.29) is 10.1 Å². The quantitative estimate of drug-likeness (QED) is 0.710. The highest BCUT2D eigenvalue weighted by Gasteiger charge is 2.41. The molecular weight excluding hydrogens is 296 g/mol. The molecule has 1 N–H and O–H groups in total. The van der Waals surface area contributed by atoms with Crippen molar-refractivity contribution in [2.75, 3.05) is 13.2 Å². The molecule has 0 saturated carbocycles. The molecular formula is C16H38O3Si2. The van der Waals surface area contributed by atoms with Crippen LogP contribution < -0.4 is 0 Å². The number of rotatable bonds is 6. The van der Waals surface area contributed by atoms with Crippen LogP contribution in [0.5, 0.6) is 0 Å². The molecule has 0 amide bonds. The third kappa shape index (κ3) is 6.52. The summed E-state index contributed by atoms with van der Waals surface area (Å²) in [7, 11) is -3.66. The Hall–Kier alpha value is 0.314. The zero-order valence-corrected chi connectivity index (χ0v) is 18.2. The minimum atomic E-state index is -1.83. The summed E-state index contributed by atoms with van der Waals surface area (Å²) in [6.45, 7) is 24.6. The van der Waals surface area contributed by atoms with E-state index >= 15 is 0 Å². The Morgan fingerprint density at radius 1 is 0.667 bits per heavy atom. The van der Waals surface area contributed by atoms with Gasteiger partial charge in [0.1, 0.15) is 5.60 Å². The van der Waals surface area contributed by atoms with Crippen LogP contribution in [0.3, 0.4) is 0 Å². The Balaban J connectivity index is 4.60. The lowest BCUT2D eigenvalue weighted by Crippen LogP contribution is -2.50. The van der Waals surface area contributed by atoms with Crippen LogP contribution in [0.25, 0.3) is 0 Å². The summed E-state index contributed by atoms with van der Waals surface area (Å²) in [5.41, 5.74) is -0.926. The summed E-state index contributed by atoms with van der Waals surface area (Å²) in [6, 6.07) is 0. The third-order valence-corrected chi connectivity index (χ3v) is 14.1. The highest BCUT2D eigenvalue weighted by atomic mass is 28.4. The molecule has 0 spiro atoms. The normalized spacial score (nSPS) is 15.4. The van der Waals surface area contributed by atoms with E-state index in [9.17, 15) is 5.11 Å². The van der Waals surface area contributed by atoms with Gasteiger partial charge in [0.25, 0.3) is 0 Å². The van der Waals surface area contributed by atoms with Gasteiger partial charge in [-0.15, -0.1) is 0 Å². The van der Waals surface area contributed by atoms with Crippen LogP contribution in [0, 0.1) is 0 Å². The van der Waals surface area contributed by atoms with Gasteiger partial charge in [-0.05, 0) is 43.2 Å². The zero-order chi connectivity index (χ0) is 17.3. The van der Waals surface area contributed by atoms with Crippen molar-refractivity contribution < 1.29 is 14.0 Å². The van der Waals surface area contributed by atoms with Crippen molar-refractivity contribution in [1.29, 1.82) is 0 Å². The van der Waals surface area contributed by atoms with Gasteiger partial charge in [-0.3, -0.25) is 0 Å². The van der Waals surface area contributed by atoms with Crippen LogP contribution in [0.15, 0.2) is 0 Å². The fourth-order valence-corrected chi connectivity index (χ4v) is 3.36. The second-order valence-electron chi connectivity index (χ2n) is 9.59. The number of hydrogen-bond donors (Lipinski definition) is 1. The molecule has 0 unspecified atom stereocenters. The van der Waals surface area contributed by atoms with E-state index < -0.39 is 22.2 Å². The third-order valence-electron chi connectivity index (χ3n) is 5.10. The first kappa shape index (κ1) is 21.3. The molecule has 0 radical (unpaired) electrons. The van der Waals surface area contributed by atoms with Gasteiger partial charge in [-0.1, -0.05) is 41.5 Å². The molecule has 0 aromatic rings. The van der Waals surface area contributed by atoms with Crippen molar-refractivity contribution in [3.05, 3.63) is 0 Å². The molecule has 0 aromatic heterocycles. The first-order valence-electron chi connectivity index (χ1n) is 7.92. The molecule has 0 rings (SSSR count). The monoisotopic (exact) mass is 334 g/mol. The van der Waals surface area contributed by atoms with Gasteiger partial charge >= 0.3 is 0 Å². The van der Waals surface area contributed by atoms with Crippen LogP contribution in [0.4, 0.5) is 0 Å².